The van der Waals surface area contributed by atoms with E-state index in [-0.39, 0.29) is 59.0 Å². The lowest BCUT2D eigenvalue weighted by Crippen LogP contribution is -2.44. The summed E-state index contributed by atoms with van der Waals surface area (Å²) in [6, 6.07) is 5.64. The molecule has 30 heavy (non-hydrogen) atoms. The maximum absolute atomic E-state index is 12.9. The van der Waals surface area contributed by atoms with Gasteiger partial charge >= 0.3 is 0 Å². The van der Waals surface area contributed by atoms with E-state index in [1.807, 2.05) is 0 Å². The van der Waals surface area contributed by atoms with Crippen LogP contribution in [0.3, 0.4) is 0 Å². The summed E-state index contributed by atoms with van der Waals surface area (Å²) in [7, 11) is 0. The van der Waals surface area contributed by atoms with Crippen LogP contribution in [0.4, 0.5) is 0 Å². The molecule has 2 aliphatic heterocycles. The van der Waals surface area contributed by atoms with Gasteiger partial charge in [0.2, 0.25) is 10.5 Å². The Morgan fingerprint density at radius 3 is 1.10 bits per heavy atom. The van der Waals surface area contributed by atoms with Gasteiger partial charge in [-0.05, 0) is 47.5 Å². The Morgan fingerprint density at radius 2 is 0.867 bits per heavy atom. The number of hydrogen-bond acceptors (Lipinski definition) is 6. The third kappa shape index (κ3) is 3.00. The van der Waals surface area contributed by atoms with E-state index in [0.717, 1.165) is 9.80 Å². The first-order valence-corrected chi connectivity index (χ1v) is 9.66. The fourth-order valence-corrected chi connectivity index (χ4v) is 3.95. The topological polar surface area (TPSA) is 109 Å². The minimum atomic E-state index is -0.682. The molecule has 0 radical (unpaired) electrons. The van der Waals surface area contributed by atoms with Gasteiger partial charge in [0.05, 0.1) is 0 Å². The molecule has 2 aromatic rings. The van der Waals surface area contributed by atoms with Gasteiger partial charge in [-0.2, -0.15) is 0 Å². The van der Waals surface area contributed by atoms with Gasteiger partial charge < -0.3 is 0 Å². The third-order valence-corrected chi connectivity index (χ3v) is 5.50. The van der Waals surface area contributed by atoms with E-state index in [9.17, 15) is 28.8 Å². The highest BCUT2D eigenvalue weighted by molar-refractivity contribution is 6.63. The average Bonchev–Trinajstić information content (AvgIpc) is 2.69. The lowest BCUT2D eigenvalue weighted by Gasteiger charge is -2.31. The minimum absolute atomic E-state index is 0.150. The summed E-state index contributed by atoms with van der Waals surface area (Å²) < 4.78 is 0. The maximum Gasteiger partial charge on any atom is 0.261 e. The molecule has 2 aromatic carbocycles. The summed E-state index contributed by atoms with van der Waals surface area (Å²) in [6.45, 7) is -0.356. The van der Waals surface area contributed by atoms with E-state index in [0.29, 0.717) is 0 Å². The summed E-state index contributed by atoms with van der Waals surface area (Å²) >= 11 is 10.7. The van der Waals surface area contributed by atoms with Crippen LogP contribution in [-0.4, -0.2) is 57.0 Å². The van der Waals surface area contributed by atoms with Gasteiger partial charge in [-0.25, -0.2) is 0 Å². The Balaban J connectivity index is 1.86. The van der Waals surface area contributed by atoms with Crippen LogP contribution in [0.1, 0.15) is 54.3 Å². The number of nitrogens with zero attached hydrogens (tertiary/aromatic N) is 2. The molecular weight excluding hydrogens is 435 g/mol. The standard InChI is InChI=1S/C20H12Cl2N2O6/c21-13(25)5-7-23-17(27)9-1-2-10-16-12(4-3-11(15(9)16)19(23)29)20(30)24(18(10)28)8-6-14(22)26/h1-4H,5-8H2. The van der Waals surface area contributed by atoms with E-state index in [4.69, 9.17) is 23.2 Å². The first-order chi connectivity index (χ1) is 14.2. The van der Waals surface area contributed by atoms with Crippen LogP contribution in [0.5, 0.6) is 0 Å². The Morgan fingerprint density at radius 1 is 0.600 bits per heavy atom. The maximum atomic E-state index is 12.9. The molecule has 4 amide bonds. The molecule has 152 valence electrons. The second-order valence-electron chi connectivity index (χ2n) is 6.81. The van der Waals surface area contributed by atoms with Crippen molar-refractivity contribution in [3.05, 3.63) is 46.5 Å². The number of rotatable bonds is 6. The number of benzene rings is 2. The number of imide groups is 2. The Bertz CT molecular complexity index is 1040. The molecule has 0 aliphatic carbocycles. The molecular formula is C20H12Cl2N2O6. The first kappa shape index (κ1) is 20.2. The molecule has 0 bridgehead atoms. The molecule has 0 aromatic heterocycles. The third-order valence-electron chi connectivity index (χ3n) is 5.13. The van der Waals surface area contributed by atoms with Crippen LogP contribution in [0, 0.1) is 0 Å². The molecule has 2 heterocycles. The van der Waals surface area contributed by atoms with Gasteiger partial charge in [-0.3, -0.25) is 38.6 Å². The predicted octanol–water partition coefficient (Wildman–Crippen LogP) is 2.34. The zero-order valence-electron chi connectivity index (χ0n) is 15.2. The van der Waals surface area contributed by atoms with Crippen molar-refractivity contribution in [3.63, 3.8) is 0 Å². The number of hydrogen-bond donors (Lipinski definition) is 0. The lowest BCUT2D eigenvalue weighted by atomic mass is 9.86. The second-order valence-corrected chi connectivity index (χ2v) is 7.65. The Hall–Kier alpha value is -3.10. The molecule has 0 saturated carbocycles. The molecule has 2 aliphatic rings. The first-order valence-electron chi connectivity index (χ1n) is 8.91. The fourth-order valence-electron chi connectivity index (χ4n) is 3.78. The van der Waals surface area contributed by atoms with Crippen molar-refractivity contribution < 1.29 is 28.8 Å². The highest BCUT2D eigenvalue weighted by Gasteiger charge is 2.39. The zero-order valence-corrected chi connectivity index (χ0v) is 16.7. The molecule has 8 nitrogen and oxygen atoms in total. The van der Waals surface area contributed by atoms with Crippen LogP contribution in [0.2, 0.25) is 0 Å². The molecule has 0 saturated heterocycles. The van der Waals surface area contributed by atoms with Gasteiger partial charge in [-0.15, -0.1) is 0 Å². The van der Waals surface area contributed by atoms with Gasteiger partial charge in [-0.1, -0.05) is 0 Å². The van der Waals surface area contributed by atoms with E-state index >= 15 is 0 Å². The van der Waals surface area contributed by atoms with Crippen LogP contribution >= 0.6 is 23.2 Å². The van der Waals surface area contributed by atoms with Crippen molar-refractivity contribution in [1.29, 1.82) is 0 Å². The average molecular weight is 447 g/mol. The molecule has 4 rings (SSSR count). The highest BCUT2D eigenvalue weighted by Crippen LogP contribution is 2.37. The molecule has 0 spiro atoms. The van der Waals surface area contributed by atoms with E-state index in [2.05, 4.69) is 0 Å². The van der Waals surface area contributed by atoms with Crippen molar-refractivity contribution in [1.82, 2.24) is 9.80 Å². The van der Waals surface area contributed by atoms with Crippen molar-refractivity contribution in [3.8, 4) is 0 Å². The number of amides is 4. The summed E-state index contributed by atoms with van der Waals surface area (Å²) in [4.78, 5) is 75.5. The number of carbonyl (C=O) groups excluding carboxylic acids is 6. The van der Waals surface area contributed by atoms with Crippen molar-refractivity contribution in [2.45, 2.75) is 12.8 Å². The molecule has 0 atom stereocenters. The molecule has 10 heteroatoms. The summed E-state index contributed by atoms with van der Waals surface area (Å²) in [5.74, 6) is -2.54. The summed E-state index contributed by atoms with van der Waals surface area (Å²) in [6.07, 6.45) is -0.391. The van der Waals surface area contributed by atoms with Crippen molar-refractivity contribution in [2.75, 3.05) is 13.1 Å². The number of halogens is 2. The summed E-state index contributed by atoms with van der Waals surface area (Å²) in [5.41, 5.74) is 0.601. The smallest absolute Gasteiger partial charge is 0.261 e. The fraction of sp³-hybridized carbons (Fsp3) is 0.200. The Kier molecular flexibility index (Phi) is 4.91. The van der Waals surface area contributed by atoms with Gasteiger partial charge in [0, 0.05) is 59.0 Å². The SMILES string of the molecule is O=C(Cl)CCN1C(=O)c2ccc3c4c(ccc(c24)C1=O)C(=O)N(CCC(=O)Cl)C3=O. The van der Waals surface area contributed by atoms with E-state index in [1.54, 1.807) is 0 Å². The Labute approximate surface area is 179 Å². The number of carbonyl (C=O) groups is 6. The minimum Gasteiger partial charge on any atom is -0.281 e. The van der Waals surface area contributed by atoms with Crippen LogP contribution in [0.15, 0.2) is 24.3 Å². The van der Waals surface area contributed by atoms with Crippen LogP contribution < -0.4 is 0 Å². The predicted molar refractivity (Wildman–Crippen MR) is 106 cm³/mol. The van der Waals surface area contributed by atoms with Crippen molar-refractivity contribution >= 4 is 68.1 Å². The van der Waals surface area contributed by atoms with Crippen LogP contribution in [0.25, 0.3) is 10.8 Å². The van der Waals surface area contributed by atoms with E-state index in [1.165, 1.54) is 24.3 Å². The van der Waals surface area contributed by atoms with Crippen molar-refractivity contribution in [2.24, 2.45) is 0 Å². The summed E-state index contributed by atoms with van der Waals surface area (Å²) in [5, 5.41) is -0.914. The largest absolute Gasteiger partial charge is 0.281 e. The van der Waals surface area contributed by atoms with Crippen LogP contribution in [-0.2, 0) is 9.59 Å². The zero-order chi connectivity index (χ0) is 21.7. The van der Waals surface area contributed by atoms with E-state index < -0.39 is 34.1 Å². The normalized spacial score (nSPS) is 15.3. The quantitative estimate of drug-likeness (QED) is 0.497. The van der Waals surface area contributed by atoms with Gasteiger partial charge in [0.15, 0.2) is 0 Å². The molecule has 0 N–H and O–H groups in total. The highest BCUT2D eigenvalue weighted by atomic mass is 35.5. The second kappa shape index (κ2) is 7.30. The monoisotopic (exact) mass is 446 g/mol. The molecule has 0 fully saturated rings. The molecule has 0 unspecified atom stereocenters. The van der Waals surface area contributed by atoms with Gasteiger partial charge in [0.25, 0.3) is 23.6 Å². The lowest BCUT2D eigenvalue weighted by molar-refractivity contribution is -0.112. The van der Waals surface area contributed by atoms with Gasteiger partial charge in [0.1, 0.15) is 0 Å².